The zero-order chi connectivity index (χ0) is 20.6. The lowest BCUT2D eigenvalue weighted by atomic mass is 10.1. The summed E-state index contributed by atoms with van der Waals surface area (Å²) in [6, 6.07) is 13.5. The summed E-state index contributed by atoms with van der Waals surface area (Å²) in [4.78, 5) is 8.82. The molecule has 1 aromatic heterocycles. The average Bonchev–Trinajstić information content (AvgIpc) is 3.18. The summed E-state index contributed by atoms with van der Waals surface area (Å²) in [6.07, 6.45) is 1.59. The molecule has 0 unspecified atom stereocenters. The number of benzene rings is 2. The number of anilines is 1. The van der Waals surface area contributed by atoms with Crippen molar-refractivity contribution in [2.45, 2.75) is 27.3 Å². The van der Waals surface area contributed by atoms with Crippen LogP contribution in [0.3, 0.4) is 0 Å². The Labute approximate surface area is 170 Å². The highest BCUT2D eigenvalue weighted by Gasteiger charge is 2.09. The van der Waals surface area contributed by atoms with Crippen molar-refractivity contribution in [3.05, 3.63) is 60.0 Å². The van der Waals surface area contributed by atoms with Gasteiger partial charge < -0.3 is 24.9 Å². The molecule has 0 fully saturated rings. The zero-order valence-electron chi connectivity index (χ0n) is 16.9. The maximum absolute atomic E-state index is 6.06. The Morgan fingerprint density at radius 2 is 1.86 bits per heavy atom. The number of aryl methyl sites for hydroxylation is 1. The van der Waals surface area contributed by atoms with Gasteiger partial charge in [0.15, 0.2) is 5.96 Å². The van der Waals surface area contributed by atoms with Crippen molar-refractivity contribution < 1.29 is 13.9 Å². The maximum Gasteiger partial charge on any atom is 0.226 e. The van der Waals surface area contributed by atoms with Gasteiger partial charge in [0.25, 0.3) is 0 Å². The van der Waals surface area contributed by atoms with E-state index in [0.29, 0.717) is 42.8 Å². The molecule has 29 heavy (non-hydrogen) atoms. The predicted molar refractivity (Wildman–Crippen MR) is 114 cm³/mol. The molecule has 7 heteroatoms. The number of nitrogens with two attached hydrogens (primary N) is 1. The highest BCUT2D eigenvalue weighted by atomic mass is 16.5. The first-order chi connectivity index (χ1) is 14.1. The monoisotopic (exact) mass is 394 g/mol. The van der Waals surface area contributed by atoms with Crippen LogP contribution in [0.5, 0.6) is 11.5 Å². The van der Waals surface area contributed by atoms with Gasteiger partial charge in [0.1, 0.15) is 23.5 Å². The van der Waals surface area contributed by atoms with E-state index in [1.807, 2.05) is 63.2 Å². The topological polar surface area (TPSA) is 94.9 Å². The van der Waals surface area contributed by atoms with Gasteiger partial charge in [-0.2, -0.15) is 0 Å². The second-order valence-corrected chi connectivity index (χ2v) is 6.36. The molecular weight excluding hydrogens is 368 g/mol. The van der Waals surface area contributed by atoms with Gasteiger partial charge in [0.05, 0.1) is 25.4 Å². The van der Waals surface area contributed by atoms with Crippen LogP contribution in [0.2, 0.25) is 0 Å². The van der Waals surface area contributed by atoms with Gasteiger partial charge in [-0.05, 0) is 45.0 Å². The summed E-state index contributed by atoms with van der Waals surface area (Å²) >= 11 is 0. The Balaban J connectivity index is 1.69. The number of aliphatic imine (C=N–C) groups is 1. The van der Waals surface area contributed by atoms with E-state index in [-0.39, 0.29) is 5.96 Å². The van der Waals surface area contributed by atoms with Crippen LogP contribution < -0.4 is 20.5 Å². The lowest BCUT2D eigenvalue weighted by Crippen LogP contribution is -2.23. The fraction of sp³-hybridized carbons (Fsp3) is 0.273. The minimum Gasteiger partial charge on any atom is -0.494 e. The number of guanidine groups is 1. The quantitative estimate of drug-likeness (QED) is 0.435. The number of nitrogens with zero attached hydrogens (tertiary/aromatic N) is 2. The van der Waals surface area contributed by atoms with Crippen molar-refractivity contribution in [3.63, 3.8) is 0 Å². The second-order valence-electron chi connectivity index (χ2n) is 6.36. The molecule has 0 aliphatic rings. The summed E-state index contributed by atoms with van der Waals surface area (Å²) in [5.41, 5.74) is 9.55. The fourth-order valence-corrected chi connectivity index (χ4v) is 2.70. The first kappa shape index (κ1) is 20.3. The molecule has 2 aromatic carbocycles. The van der Waals surface area contributed by atoms with E-state index in [9.17, 15) is 0 Å². The van der Waals surface area contributed by atoms with Gasteiger partial charge in [-0.25, -0.2) is 9.98 Å². The minimum absolute atomic E-state index is 0.250. The molecule has 0 saturated carbocycles. The minimum atomic E-state index is 0.250. The lowest BCUT2D eigenvalue weighted by Gasteiger charge is -2.13. The molecular formula is C22H26N4O3. The first-order valence-corrected chi connectivity index (χ1v) is 9.57. The van der Waals surface area contributed by atoms with Crippen molar-refractivity contribution in [1.29, 1.82) is 0 Å². The van der Waals surface area contributed by atoms with Crippen molar-refractivity contribution in [3.8, 4) is 23.0 Å². The van der Waals surface area contributed by atoms with Gasteiger partial charge >= 0.3 is 0 Å². The largest absolute Gasteiger partial charge is 0.494 e. The molecule has 7 nitrogen and oxygen atoms in total. The Kier molecular flexibility index (Phi) is 6.73. The fourth-order valence-electron chi connectivity index (χ4n) is 2.70. The van der Waals surface area contributed by atoms with Crippen LogP contribution in [0, 0.1) is 6.92 Å². The van der Waals surface area contributed by atoms with Crippen LogP contribution in [0.1, 0.15) is 25.1 Å². The van der Waals surface area contributed by atoms with E-state index in [0.717, 1.165) is 11.3 Å². The molecule has 1 heterocycles. The van der Waals surface area contributed by atoms with E-state index in [1.165, 1.54) is 5.56 Å². The van der Waals surface area contributed by atoms with Gasteiger partial charge in [-0.3, -0.25) is 0 Å². The molecule has 3 aromatic rings. The number of hydrogen-bond donors (Lipinski definition) is 2. The van der Waals surface area contributed by atoms with E-state index < -0.39 is 0 Å². The molecule has 0 atom stereocenters. The van der Waals surface area contributed by atoms with Gasteiger partial charge in [-0.15, -0.1) is 0 Å². The van der Waals surface area contributed by atoms with Crippen LogP contribution >= 0.6 is 0 Å². The number of hydrogen-bond acceptors (Lipinski definition) is 5. The Morgan fingerprint density at radius 3 is 2.59 bits per heavy atom. The summed E-state index contributed by atoms with van der Waals surface area (Å²) in [6.45, 7) is 7.31. The summed E-state index contributed by atoms with van der Waals surface area (Å²) in [5.74, 6) is 2.21. The predicted octanol–water partition coefficient (Wildman–Crippen LogP) is 4.37. The molecule has 3 rings (SSSR count). The van der Waals surface area contributed by atoms with E-state index in [1.54, 1.807) is 6.26 Å². The molecule has 0 radical (unpaired) electrons. The molecule has 0 amide bonds. The Hall–Kier alpha value is -3.48. The Bertz CT molecular complexity index is 964. The van der Waals surface area contributed by atoms with Crippen LogP contribution in [0.4, 0.5) is 5.69 Å². The summed E-state index contributed by atoms with van der Waals surface area (Å²) < 4.78 is 16.7. The molecule has 0 spiro atoms. The smallest absolute Gasteiger partial charge is 0.226 e. The Morgan fingerprint density at radius 1 is 1.10 bits per heavy atom. The third-order valence-electron chi connectivity index (χ3n) is 4.09. The van der Waals surface area contributed by atoms with Gasteiger partial charge in [0, 0.05) is 11.6 Å². The number of ether oxygens (including phenoxy) is 2. The third kappa shape index (κ3) is 5.51. The standard InChI is InChI=1S/C22H26N4O3/c1-4-27-18-10-11-20(28-5-2)19(12-18)26-22(23)24-13-17-14-29-21(25-17)16-8-6-15(3)7-9-16/h6-12,14H,4-5,13H2,1-3H3,(H3,23,24,26). The summed E-state index contributed by atoms with van der Waals surface area (Å²) in [5, 5.41) is 3.07. The van der Waals surface area contributed by atoms with Crippen molar-refractivity contribution in [1.82, 2.24) is 4.98 Å². The van der Waals surface area contributed by atoms with Crippen LogP contribution in [-0.2, 0) is 6.54 Å². The number of rotatable bonds is 8. The number of oxazole rings is 1. The number of nitrogens with one attached hydrogen (secondary N) is 1. The molecule has 0 bridgehead atoms. The van der Waals surface area contributed by atoms with Crippen LogP contribution in [0.25, 0.3) is 11.5 Å². The van der Waals surface area contributed by atoms with Crippen LogP contribution in [0.15, 0.2) is 58.1 Å². The van der Waals surface area contributed by atoms with E-state index in [2.05, 4.69) is 15.3 Å². The molecule has 3 N–H and O–H groups in total. The zero-order valence-corrected chi connectivity index (χ0v) is 16.9. The normalized spacial score (nSPS) is 11.3. The van der Waals surface area contributed by atoms with Crippen molar-refractivity contribution in [2.75, 3.05) is 18.5 Å². The highest BCUT2D eigenvalue weighted by molar-refractivity contribution is 5.94. The average molecular weight is 394 g/mol. The lowest BCUT2D eigenvalue weighted by molar-refractivity contribution is 0.332. The SMILES string of the molecule is CCOc1ccc(OCC)c(NC(N)=NCc2coc(-c3ccc(C)cc3)n2)c1. The van der Waals surface area contributed by atoms with E-state index >= 15 is 0 Å². The molecule has 0 saturated heterocycles. The number of aromatic nitrogens is 1. The highest BCUT2D eigenvalue weighted by Crippen LogP contribution is 2.29. The third-order valence-corrected chi connectivity index (χ3v) is 4.09. The molecule has 152 valence electrons. The molecule has 0 aliphatic heterocycles. The van der Waals surface area contributed by atoms with Crippen LogP contribution in [-0.4, -0.2) is 24.2 Å². The van der Waals surface area contributed by atoms with Crippen molar-refractivity contribution in [2.24, 2.45) is 10.7 Å². The van der Waals surface area contributed by atoms with Crippen molar-refractivity contribution >= 4 is 11.6 Å². The first-order valence-electron chi connectivity index (χ1n) is 9.57. The maximum atomic E-state index is 6.06. The van der Waals surface area contributed by atoms with E-state index in [4.69, 9.17) is 19.6 Å². The second kappa shape index (κ2) is 9.64. The van der Waals surface area contributed by atoms with Gasteiger partial charge in [-0.1, -0.05) is 17.7 Å². The van der Waals surface area contributed by atoms with Gasteiger partial charge in [0.2, 0.25) is 5.89 Å². The summed E-state index contributed by atoms with van der Waals surface area (Å²) in [7, 11) is 0. The molecule has 0 aliphatic carbocycles.